The van der Waals surface area contributed by atoms with Gasteiger partial charge in [0.05, 0.1) is 12.6 Å². The van der Waals surface area contributed by atoms with Crippen LogP contribution in [0.1, 0.15) is 23.6 Å². The summed E-state index contributed by atoms with van der Waals surface area (Å²) in [5.41, 5.74) is 4.29. The van der Waals surface area contributed by atoms with Crippen LogP contribution in [0.3, 0.4) is 0 Å². The topological polar surface area (TPSA) is 64.7 Å². The van der Waals surface area contributed by atoms with Gasteiger partial charge in [-0.3, -0.25) is 19.4 Å². The number of para-hydroxylation sites is 1. The summed E-state index contributed by atoms with van der Waals surface area (Å²) in [6.07, 6.45) is 0. The fourth-order valence-electron chi connectivity index (χ4n) is 3.83. The van der Waals surface area contributed by atoms with E-state index in [-0.39, 0.29) is 23.7 Å². The molecule has 0 spiro atoms. The number of nitrogens with zero attached hydrogens (tertiary/aromatic N) is 2. The van der Waals surface area contributed by atoms with Crippen molar-refractivity contribution in [3.8, 4) is 0 Å². The third-order valence-corrected chi connectivity index (χ3v) is 5.90. The van der Waals surface area contributed by atoms with Crippen molar-refractivity contribution in [2.24, 2.45) is 0 Å². The Morgan fingerprint density at radius 2 is 1.61 bits per heavy atom. The van der Waals surface area contributed by atoms with Gasteiger partial charge in [-0.1, -0.05) is 24.3 Å². The molecule has 1 fully saturated rings. The van der Waals surface area contributed by atoms with Crippen LogP contribution < -0.4 is 10.6 Å². The van der Waals surface area contributed by atoms with E-state index in [1.54, 1.807) is 6.07 Å². The Labute approximate surface area is 183 Å². The minimum atomic E-state index is -0.374. The van der Waals surface area contributed by atoms with E-state index in [2.05, 4.69) is 20.4 Å². The molecule has 2 amide bonds. The first-order valence-electron chi connectivity index (χ1n) is 10.6. The molecule has 6 nitrogen and oxygen atoms in total. The lowest BCUT2D eigenvalue weighted by Crippen LogP contribution is -2.53. The Morgan fingerprint density at radius 1 is 0.968 bits per heavy atom. The quantitative estimate of drug-likeness (QED) is 0.744. The molecule has 0 radical (unpaired) electrons. The fraction of sp³-hybridized carbons (Fsp3) is 0.417. The molecule has 0 saturated carbocycles. The maximum absolute atomic E-state index is 13.5. The van der Waals surface area contributed by atoms with E-state index in [0.29, 0.717) is 38.4 Å². The van der Waals surface area contributed by atoms with Gasteiger partial charge >= 0.3 is 0 Å². The Kier molecular flexibility index (Phi) is 7.41. The van der Waals surface area contributed by atoms with Crippen LogP contribution in [0.25, 0.3) is 0 Å². The van der Waals surface area contributed by atoms with E-state index < -0.39 is 0 Å². The number of halogens is 1. The van der Waals surface area contributed by atoms with Crippen LogP contribution in [-0.4, -0.2) is 60.4 Å². The molecule has 1 aliphatic heterocycles. The molecule has 3 rings (SSSR count). The normalized spacial score (nSPS) is 16.0. The number of aryl methyl sites for hydroxylation is 3. The number of nitrogens with one attached hydrogen (secondary N) is 2. The minimum Gasteiger partial charge on any atom is -0.324 e. The summed E-state index contributed by atoms with van der Waals surface area (Å²) in [7, 11) is 0. The number of hydrogen-bond acceptors (Lipinski definition) is 4. The Balaban J connectivity index is 1.49. The van der Waals surface area contributed by atoms with E-state index in [1.807, 2.05) is 45.9 Å². The van der Waals surface area contributed by atoms with Crippen LogP contribution in [0.5, 0.6) is 0 Å². The summed E-state index contributed by atoms with van der Waals surface area (Å²) < 4.78 is 13.5. The molecule has 1 aliphatic rings. The summed E-state index contributed by atoms with van der Waals surface area (Å²) in [6.45, 7) is 10.8. The number of benzene rings is 2. The summed E-state index contributed by atoms with van der Waals surface area (Å²) in [4.78, 5) is 29.3. The minimum absolute atomic E-state index is 0.0294. The van der Waals surface area contributed by atoms with Gasteiger partial charge in [0.25, 0.3) is 0 Å². The predicted octanol–water partition coefficient (Wildman–Crippen LogP) is 3.33. The maximum atomic E-state index is 13.5. The second kappa shape index (κ2) is 10.0. The standard InChI is InChI=1S/C24H31FN4O2/c1-16-8-9-20(25)14-21(16)26-24(31)19(4)29-12-10-28(11-13-29)15-22(30)27-23-17(2)6-5-7-18(23)3/h5-9,14,19H,10-13,15H2,1-4H3,(H,26,31)(H,27,30). The number of hydrogen-bond donors (Lipinski definition) is 2. The highest BCUT2D eigenvalue weighted by Gasteiger charge is 2.26. The summed E-state index contributed by atoms with van der Waals surface area (Å²) in [6, 6.07) is 9.98. The number of anilines is 2. The fourth-order valence-corrected chi connectivity index (χ4v) is 3.83. The van der Waals surface area contributed by atoms with Crippen molar-refractivity contribution in [2.45, 2.75) is 33.7 Å². The first kappa shape index (κ1) is 22.9. The Morgan fingerprint density at radius 3 is 2.26 bits per heavy atom. The lowest BCUT2D eigenvalue weighted by Gasteiger charge is -2.37. The van der Waals surface area contributed by atoms with Crippen molar-refractivity contribution < 1.29 is 14.0 Å². The van der Waals surface area contributed by atoms with Gasteiger partial charge in [-0.15, -0.1) is 0 Å². The van der Waals surface area contributed by atoms with E-state index >= 15 is 0 Å². The average Bonchev–Trinajstić information content (AvgIpc) is 2.73. The second-order valence-electron chi connectivity index (χ2n) is 8.25. The molecule has 1 atom stereocenters. The SMILES string of the molecule is Cc1ccc(F)cc1NC(=O)C(C)N1CCN(CC(=O)Nc2c(C)cccc2C)CC1. The Hall–Kier alpha value is -2.77. The molecule has 2 aromatic rings. The van der Waals surface area contributed by atoms with Gasteiger partial charge in [-0.2, -0.15) is 0 Å². The van der Waals surface area contributed by atoms with E-state index in [0.717, 1.165) is 22.4 Å². The largest absolute Gasteiger partial charge is 0.324 e. The molecule has 0 aliphatic carbocycles. The molecule has 166 valence electrons. The summed E-state index contributed by atoms with van der Waals surface area (Å²) >= 11 is 0. The molecule has 1 heterocycles. The number of carbonyl (C=O) groups excluding carboxylic acids is 2. The third kappa shape index (κ3) is 5.89. The first-order valence-corrected chi connectivity index (χ1v) is 10.6. The molecule has 0 aromatic heterocycles. The van der Waals surface area contributed by atoms with E-state index in [4.69, 9.17) is 0 Å². The Bertz CT molecular complexity index is 934. The van der Waals surface area contributed by atoms with Gasteiger partial charge in [0.15, 0.2) is 0 Å². The van der Waals surface area contributed by atoms with Crippen LogP contribution in [-0.2, 0) is 9.59 Å². The van der Waals surface area contributed by atoms with Crippen LogP contribution in [0.15, 0.2) is 36.4 Å². The number of carbonyl (C=O) groups is 2. The van der Waals surface area contributed by atoms with Gasteiger partial charge in [0.2, 0.25) is 11.8 Å². The van der Waals surface area contributed by atoms with Crippen molar-refractivity contribution in [3.05, 3.63) is 58.9 Å². The van der Waals surface area contributed by atoms with E-state index in [1.165, 1.54) is 12.1 Å². The molecule has 0 bridgehead atoms. The average molecular weight is 427 g/mol. The maximum Gasteiger partial charge on any atom is 0.241 e. The molecule has 1 saturated heterocycles. The highest BCUT2D eigenvalue weighted by Crippen LogP contribution is 2.20. The number of piperazine rings is 1. The zero-order valence-electron chi connectivity index (χ0n) is 18.7. The molecule has 2 N–H and O–H groups in total. The molecular weight excluding hydrogens is 395 g/mol. The summed E-state index contributed by atoms with van der Waals surface area (Å²) in [5, 5.41) is 5.86. The van der Waals surface area contributed by atoms with Gasteiger partial charge in [-0.05, 0) is 56.5 Å². The second-order valence-corrected chi connectivity index (χ2v) is 8.25. The van der Waals surface area contributed by atoms with Crippen LogP contribution in [0, 0.1) is 26.6 Å². The van der Waals surface area contributed by atoms with Gasteiger partial charge < -0.3 is 10.6 Å². The summed E-state index contributed by atoms with van der Waals surface area (Å²) in [5.74, 6) is -0.561. The number of amides is 2. The molecule has 31 heavy (non-hydrogen) atoms. The lowest BCUT2D eigenvalue weighted by atomic mass is 10.1. The van der Waals surface area contributed by atoms with Gasteiger partial charge in [0, 0.05) is 37.6 Å². The highest BCUT2D eigenvalue weighted by molar-refractivity contribution is 5.95. The van der Waals surface area contributed by atoms with Crippen molar-refractivity contribution in [1.82, 2.24) is 9.80 Å². The van der Waals surface area contributed by atoms with Crippen LogP contribution in [0.4, 0.5) is 15.8 Å². The van der Waals surface area contributed by atoms with Crippen molar-refractivity contribution >= 4 is 23.2 Å². The first-order chi connectivity index (χ1) is 14.7. The van der Waals surface area contributed by atoms with Crippen molar-refractivity contribution in [3.63, 3.8) is 0 Å². The predicted molar refractivity (Wildman–Crippen MR) is 122 cm³/mol. The van der Waals surface area contributed by atoms with Crippen LogP contribution >= 0.6 is 0 Å². The molecule has 1 unspecified atom stereocenters. The molecular formula is C24H31FN4O2. The zero-order chi connectivity index (χ0) is 22.5. The third-order valence-electron chi connectivity index (χ3n) is 5.90. The molecule has 2 aromatic carbocycles. The van der Waals surface area contributed by atoms with E-state index in [9.17, 15) is 14.0 Å². The van der Waals surface area contributed by atoms with Crippen molar-refractivity contribution in [1.29, 1.82) is 0 Å². The zero-order valence-corrected chi connectivity index (χ0v) is 18.7. The molecule has 7 heteroatoms. The smallest absolute Gasteiger partial charge is 0.241 e. The monoisotopic (exact) mass is 426 g/mol. The highest BCUT2D eigenvalue weighted by atomic mass is 19.1. The van der Waals surface area contributed by atoms with Crippen molar-refractivity contribution in [2.75, 3.05) is 43.4 Å². The van der Waals surface area contributed by atoms with Crippen LogP contribution in [0.2, 0.25) is 0 Å². The lowest BCUT2D eigenvalue weighted by molar-refractivity contribution is -0.122. The van der Waals surface area contributed by atoms with Gasteiger partial charge in [-0.25, -0.2) is 4.39 Å². The van der Waals surface area contributed by atoms with Gasteiger partial charge in [0.1, 0.15) is 5.82 Å². The number of rotatable bonds is 6.